The molecule has 14 heteroatoms. The lowest BCUT2D eigenvalue weighted by molar-refractivity contribution is -0.135. The van der Waals surface area contributed by atoms with Gasteiger partial charge < -0.3 is 35.1 Å². The fourth-order valence-corrected chi connectivity index (χ4v) is 8.07. The van der Waals surface area contributed by atoms with Gasteiger partial charge >= 0.3 is 6.09 Å². The predicted octanol–water partition coefficient (Wildman–Crippen LogP) is 6.49. The highest BCUT2D eigenvalue weighted by atomic mass is 32.1. The Hall–Kier alpha value is -4.53. The van der Waals surface area contributed by atoms with Gasteiger partial charge in [-0.15, -0.1) is 22.7 Å². The third kappa shape index (κ3) is 8.79. The highest BCUT2D eigenvalue weighted by Gasteiger charge is 2.29. The number of thiophene rings is 2. The molecule has 0 saturated heterocycles. The number of nitrogens with one attached hydrogen (secondary N) is 4. The molecule has 0 radical (unpaired) electrons. The zero-order chi connectivity index (χ0) is 35.8. The second-order valence-corrected chi connectivity index (χ2v) is 14.6. The van der Waals surface area contributed by atoms with Crippen molar-refractivity contribution in [1.29, 1.82) is 0 Å². The molecule has 0 aliphatic heterocycles. The third-order valence-corrected chi connectivity index (χ3v) is 10.6. The number of fused-ring (bicyclic) bond motifs is 1. The van der Waals surface area contributed by atoms with E-state index in [-0.39, 0.29) is 17.7 Å². The lowest BCUT2D eigenvalue weighted by atomic mass is 10.0. The van der Waals surface area contributed by atoms with E-state index in [1.54, 1.807) is 34.6 Å². The maximum absolute atomic E-state index is 13.4. The molecule has 0 spiro atoms. The monoisotopic (exact) mass is 718 g/mol. The van der Waals surface area contributed by atoms with Crippen molar-refractivity contribution in [1.82, 2.24) is 40.4 Å². The SMILES string of the molecule is CCCN(Cc1ncc(-c2ccc(-c3cc4sc(-c5cnc(CN(CCC)C(=O)[C@@H](NC(=O)OC)C(C)C)[nH]5)cc4s3)cc2)[nH]1)C(=O)CNC. The summed E-state index contributed by atoms with van der Waals surface area (Å²) in [6, 6.07) is 12.2. The number of hydrogen-bond acceptors (Lipinski definition) is 9. The van der Waals surface area contributed by atoms with Crippen LogP contribution in [0.15, 0.2) is 48.8 Å². The van der Waals surface area contributed by atoms with Crippen molar-refractivity contribution in [3.05, 3.63) is 60.4 Å². The molecule has 4 heterocycles. The van der Waals surface area contributed by atoms with Crippen LogP contribution in [0.25, 0.3) is 41.7 Å². The Bertz CT molecular complexity index is 1860. The quantitative estimate of drug-likeness (QED) is 0.0912. The summed E-state index contributed by atoms with van der Waals surface area (Å²) in [6.45, 7) is 10.2. The van der Waals surface area contributed by atoms with E-state index >= 15 is 0 Å². The summed E-state index contributed by atoms with van der Waals surface area (Å²) < 4.78 is 7.13. The summed E-state index contributed by atoms with van der Waals surface area (Å²) >= 11 is 3.45. The van der Waals surface area contributed by atoms with Crippen molar-refractivity contribution >= 4 is 50.0 Å². The highest BCUT2D eigenvalue weighted by Crippen LogP contribution is 2.41. The van der Waals surface area contributed by atoms with E-state index in [2.05, 4.69) is 73.9 Å². The normalized spacial score (nSPS) is 12.0. The molecule has 4 N–H and O–H groups in total. The average molecular weight is 719 g/mol. The first-order valence-corrected chi connectivity index (χ1v) is 18.5. The van der Waals surface area contributed by atoms with Gasteiger partial charge in [0.15, 0.2) is 0 Å². The zero-order valence-corrected chi connectivity index (χ0v) is 31.1. The van der Waals surface area contributed by atoms with Gasteiger partial charge in [0.1, 0.15) is 17.7 Å². The molecule has 1 aromatic carbocycles. The number of rotatable bonds is 16. The van der Waals surface area contributed by atoms with E-state index in [1.165, 1.54) is 21.4 Å². The Labute approximate surface area is 300 Å². The largest absolute Gasteiger partial charge is 0.453 e. The molecule has 5 rings (SSSR count). The zero-order valence-electron chi connectivity index (χ0n) is 29.5. The van der Waals surface area contributed by atoms with Gasteiger partial charge in [0.05, 0.1) is 55.4 Å². The fourth-order valence-electron chi connectivity index (χ4n) is 5.70. The Kier molecular flexibility index (Phi) is 12.4. The second kappa shape index (κ2) is 16.9. The first-order valence-electron chi connectivity index (χ1n) is 16.9. The van der Waals surface area contributed by atoms with Crippen LogP contribution in [-0.2, 0) is 27.4 Å². The number of aromatic nitrogens is 4. The summed E-state index contributed by atoms with van der Waals surface area (Å²) in [6.07, 6.45) is 4.67. The molecule has 3 amide bonds. The molecule has 0 aliphatic carbocycles. The number of H-pyrrole nitrogens is 2. The van der Waals surface area contributed by atoms with Crippen LogP contribution in [0, 0.1) is 5.92 Å². The number of imidazole rings is 2. The molecule has 0 unspecified atom stereocenters. The van der Waals surface area contributed by atoms with Gasteiger partial charge in [-0.05, 0) is 49.1 Å². The summed E-state index contributed by atoms with van der Waals surface area (Å²) in [5.41, 5.74) is 3.99. The number of methoxy groups -OCH3 is 1. The van der Waals surface area contributed by atoms with Crippen LogP contribution in [0.3, 0.4) is 0 Å². The van der Waals surface area contributed by atoms with Gasteiger partial charge in [0, 0.05) is 27.4 Å². The first-order chi connectivity index (χ1) is 24.1. The predicted molar refractivity (Wildman–Crippen MR) is 200 cm³/mol. The number of aromatic amines is 2. The maximum atomic E-state index is 13.4. The molecule has 0 fully saturated rings. The van der Waals surface area contributed by atoms with Gasteiger partial charge in [-0.1, -0.05) is 52.0 Å². The number of hydrogen-bond donors (Lipinski definition) is 4. The van der Waals surface area contributed by atoms with Crippen LogP contribution in [0.1, 0.15) is 52.2 Å². The van der Waals surface area contributed by atoms with E-state index in [0.717, 1.165) is 46.1 Å². The van der Waals surface area contributed by atoms with Crippen molar-refractivity contribution in [2.45, 2.75) is 59.7 Å². The molecule has 1 atom stereocenters. The summed E-state index contributed by atoms with van der Waals surface area (Å²) in [5, 5.41) is 5.62. The van der Waals surface area contributed by atoms with Crippen LogP contribution >= 0.6 is 22.7 Å². The average Bonchev–Trinajstić information content (AvgIpc) is 3.91. The molecular formula is C36H46N8O4S2. The summed E-state index contributed by atoms with van der Waals surface area (Å²) in [4.78, 5) is 59.5. The number of carbonyl (C=O) groups is 3. The minimum Gasteiger partial charge on any atom is -0.453 e. The molecule has 12 nitrogen and oxygen atoms in total. The minimum absolute atomic E-state index is 0.0589. The van der Waals surface area contributed by atoms with Gasteiger partial charge in [-0.3, -0.25) is 9.59 Å². The fraction of sp³-hybridized carbons (Fsp3) is 0.417. The Morgan fingerprint density at radius 3 is 2.02 bits per heavy atom. The number of alkyl carbamates (subject to hydrolysis) is 1. The molecule has 5 aromatic rings. The van der Waals surface area contributed by atoms with Gasteiger partial charge in [-0.2, -0.15) is 0 Å². The molecule has 0 saturated carbocycles. The number of amides is 3. The van der Waals surface area contributed by atoms with Crippen LogP contribution in [0.2, 0.25) is 0 Å². The lowest BCUT2D eigenvalue weighted by Gasteiger charge is -2.28. The van der Waals surface area contributed by atoms with Crippen LogP contribution in [0.4, 0.5) is 4.79 Å². The minimum atomic E-state index is -0.690. The number of likely N-dealkylation sites (N-methyl/N-ethyl adjacent to an activating group) is 1. The Morgan fingerprint density at radius 1 is 0.840 bits per heavy atom. The summed E-state index contributed by atoms with van der Waals surface area (Å²) in [7, 11) is 3.07. The topological polar surface area (TPSA) is 148 Å². The lowest BCUT2D eigenvalue weighted by Crippen LogP contribution is -2.51. The Morgan fingerprint density at radius 2 is 1.40 bits per heavy atom. The number of benzene rings is 1. The van der Waals surface area contributed by atoms with Gasteiger partial charge in [0.2, 0.25) is 11.8 Å². The molecule has 0 aliphatic rings. The first kappa shape index (κ1) is 36.7. The van der Waals surface area contributed by atoms with E-state index in [0.29, 0.717) is 38.5 Å². The maximum Gasteiger partial charge on any atom is 0.407 e. The van der Waals surface area contributed by atoms with E-state index in [4.69, 9.17) is 4.74 Å². The molecule has 0 bridgehead atoms. The van der Waals surface area contributed by atoms with E-state index < -0.39 is 12.1 Å². The smallest absolute Gasteiger partial charge is 0.407 e. The number of carbonyl (C=O) groups excluding carboxylic acids is 3. The van der Waals surface area contributed by atoms with Crippen molar-refractivity contribution in [3.8, 4) is 32.3 Å². The van der Waals surface area contributed by atoms with Crippen molar-refractivity contribution < 1.29 is 19.1 Å². The summed E-state index contributed by atoms with van der Waals surface area (Å²) in [5.74, 6) is 1.24. The Balaban J connectivity index is 1.25. The van der Waals surface area contributed by atoms with Crippen molar-refractivity contribution in [3.63, 3.8) is 0 Å². The van der Waals surface area contributed by atoms with Gasteiger partial charge in [-0.25, -0.2) is 14.8 Å². The molecule has 266 valence electrons. The van der Waals surface area contributed by atoms with Crippen LogP contribution in [-0.4, -0.2) is 87.5 Å². The van der Waals surface area contributed by atoms with Crippen LogP contribution in [0.5, 0.6) is 0 Å². The highest BCUT2D eigenvalue weighted by molar-refractivity contribution is 7.31. The number of nitrogens with zero attached hydrogens (tertiary/aromatic N) is 4. The standard InChI is InChI=1S/C36H46N8O4S2/c1-7-13-43(33(45)19-37-5)20-31-38-17-25(40-31)23-9-11-24(12-10-23)27-15-29-30(49-27)16-28(50-29)26-18-39-32(41-26)21-44(14-8-2)35(46)34(22(3)4)42-36(47)48-6/h9-12,15-18,22,34,37H,7-8,13-14,19-21H2,1-6H3,(H,38,40)(H,39,41)(H,42,47)/t34-/m0/s1. The van der Waals surface area contributed by atoms with E-state index in [9.17, 15) is 14.4 Å². The van der Waals surface area contributed by atoms with Gasteiger partial charge in [0.25, 0.3) is 0 Å². The van der Waals surface area contributed by atoms with Crippen LogP contribution < -0.4 is 10.6 Å². The third-order valence-electron chi connectivity index (χ3n) is 8.26. The molecular weight excluding hydrogens is 673 g/mol. The van der Waals surface area contributed by atoms with E-state index in [1.807, 2.05) is 38.1 Å². The van der Waals surface area contributed by atoms with Crippen molar-refractivity contribution in [2.75, 3.05) is 33.8 Å². The molecule has 50 heavy (non-hydrogen) atoms. The molecule has 4 aromatic heterocycles. The second-order valence-electron chi connectivity index (χ2n) is 12.5. The van der Waals surface area contributed by atoms with Crippen molar-refractivity contribution in [2.24, 2.45) is 5.92 Å². The number of ether oxygens (including phenoxy) is 1.